The van der Waals surface area contributed by atoms with E-state index < -0.39 is 50.0 Å². The standard InChI is InChI=1S/C27H42N6O8S.2ClH/c34-25(30-17-24(27(36)37)32-42(40,41)23-3-1-2-22(16-23)33(38)39)18-31-26(35)21(6-4-19-8-12-28-13-9-19)7-5-20-10-14-29-15-11-20;;/h1-3,16,19-21,24,28-29,32H,4-15,17-18H2,(H,30,34)(H,31,35)(H,36,37);2*1H. The van der Waals surface area contributed by atoms with Crippen LogP contribution in [-0.2, 0) is 24.4 Å². The number of hydrogen-bond donors (Lipinski definition) is 6. The summed E-state index contributed by atoms with van der Waals surface area (Å²) in [6, 6.07) is 2.43. The van der Waals surface area contributed by atoms with Crippen molar-refractivity contribution in [2.75, 3.05) is 39.3 Å². The number of carbonyl (C=O) groups is 3. The van der Waals surface area contributed by atoms with Gasteiger partial charge in [0.2, 0.25) is 21.8 Å². The highest BCUT2D eigenvalue weighted by Crippen LogP contribution is 2.27. The number of carbonyl (C=O) groups excluding carboxylic acids is 2. The molecule has 0 spiro atoms. The van der Waals surface area contributed by atoms with Crippen LogP contribution in [0.3, 0.4) is 0 Å². The summed E-state index contributed by atoms with van der Waals surface area (Å²) in [5, 5.41) is 32.2. The van der Waals surface area contributed by atoms with Gasteiger partial charge >= 0.3 is 5.97 Å². The van der Waals surface area contributed by atoms with Crippen LogP contribution in [0.4, 0.5) is 5.69 Å². The van der Waals surface area contributed by atoms with E-state index in [1.165, 1.54) is 6.07 Å². The van der Waals surface area contributed by atoms with E-state index in [0.29, 0.717) is 11.8 Å². The Labute approximate surface area is 270 Å². The number of nitrogens with one attached hydrogen (secondary N) is 5. The molecule has 0 bridgehead atoms. The fourth-order valence-electron chi connectivity index (χ4n) is 5.41. The average Bonchev–Trinajstić information content (AvgIpc) is 2.99. The van der Waals surface area contributed by atoms with Crippen molar-refractivity contribution in [3.8, 4) is 0 Å². The van der Waals surface area contributed by atoms with E-state index in [4.69, 9.17) is 0 Å². The highest BCUT2D eigenvalue weighted by molar-refractivity contribution is 7.89. The van der Waals surface area contributed by atoms with Crippen LogP contribution in [0.2, 0.25) is 0 Å². The summed E-state index contributed by atoms with van der Waals surface area (Å²) in [5.74, 6) is -1.51. The van der Waals surface area contributed by atoms with Gasteiger partial charge in [0.05, 0.1) is 16.4 Å². The van der Waals surface area contributed by atoms with Crippen molar-refractivity contribution in [1.29, 1.82) is 0 Å². The first-order valence-electron chi connectivity index (χ1n) is 14.5. The quantitative estimate of drug-likeness (QED) is 0.110. The van der Waals surface area contributed by atoms with Crippen LogP contribution in [-0.4, -0.2) is 81.5 Å². The number of rotatable bonds is 16. The predicted molar refractivity (Wildman–Crippen MR) is 169 cm³/mol. The summed E-state index contributed by atoms with van der Waals surface area (Å²) in [6.07, 6.45) is 7.71. The van der Waals surface area contributed by atoms with Crippen LogP contribution in [0.25, 0.3) is 0 Å². The topological polar surface area (TPSA) is 209 Å². The van der Waals surface area contributed by atoms with Gasteiger partial charge in [0.1, 0.15) is 6.04 Å². The molecular weight excluding hydrogens is 639 g/mol. The largest absolute Gasteiger partial charge is 0.480 e. The van der Waals surface area contributed by atoms with Crippen LogP contribution < -0.4 is 26.0 Å². The molecule has 2 amide bonds. The number of non-ortho nitro benzene ring substituents is 1. The highest BCUT2D eigenvalue weighted by atomic mass is 35.5. The second-order valence-electron chi connectivity index (χ2n) is 11.0. The Kier molecular flexibility index (Phi) is 17.7. The number of piperidine rings is 2. The van der Waals surface area contributed by atoms with Crippen LogP contribution in [0.1, 0.15) is 51.4 Å². The molecule has 6 N–H and O–H groups in total. The molecule has 1 unspecified atom stereocenters. The van der Waals surface area contributed by atoms with Crippen LogP contribution >= 0.6 is 24.8 Å². The summed E-state index contributed by atoms with van der Waals surface area (Å²) >= 11 is 0. The third kappa shape index (κ3) is 13.2. The van der Waals surface area contributed by atoms with Crippen LogP contribution in [0.15, 0.2) is 29.2 Å². The molecule has 0 aromatic heterocycles. The summed E-state index contributed by atoms with van der Waals surface area (Å²) in [4.78, 5) is 47.0. The van der Waals surface area contributed by atoms with Gasteiger partial charge < -0.3 is 26.4 Å². The van der Waals surface area contributed by atoms with Crippen molar-refractivity contribution in [1.82, 2.24) is 26.0 Å². The molecule has 44 heavy (non-hydrogen) atoms. The molecular formula is C27H44Cl2N6O8S. The van der Waals surface area contributed by atoms with Crippen molar-refractivity contribution in [2.45, 2.75) is 62.3 Å². The van der Waals surface area contributed by atoms with Gasteiger partial charge in [-0.1, -0.05) is 6.07 Å². The molecule has 2 aliphatic heterocycles. The first-order chi connectivity index (χ1) is 20.0. The fraction of sp³-hybridized carbons (Fsp3) is 0.667. The molecule has 0 saturated carbocycles. The lowest BCUT2D eigenvalue weighted by Gasteiger charge is -2.27. The Balaban J connectivity index is 0.00000484. The normalized spacial score (nSPS) is 16.7. The van der Waals surface area contributed by atoms with Crippen LogP contribution in [0, 0.1) is 27.9 Å². The summed E-state index contributed by atoms with van der Waals surface area (Å²) in [5.41, 5.74) is -0.474. The van der Waals surface area contributed by atoms with Gasteiger partial charge in [-0.05, 0) is 95.4 Å². The minimum absolute atomic E-state index is 0. The highest BCUT2D eigenvalue weighted by Gasteiger charge is 2.28. The molecule has 250 valence electrons. The Hall–Kier alpha value is -2.56. The smallest absolute Gasteiger partial charge is 0.323 e. The van der Waals surface area contributed by atoms with E-state index in [-0.39, 0.29) is 43.2 Å². The minimum Gasteiger partial charge on any atom is -0.480 e. The zero-order valence-corrected chi connectivity index (χ0v) is 26.9. The average molecular weight is 684 g/mol. The number of sulfonamides is 1. The second kappa shape index (κ2) is 19.7. The predicted octanol–water partition coefficient (Wildman–Crippen LogP) is 1.58. The first-order valence-corrected chi connectivity index (χ1v) is 16.0. The summed E-state index contributed by atoms with van der Waals surface area (Å²) < 4.78 is 27.2. The van der Waals surface area contributed by atoms with Crippen LogP contribution in [0.5, 0.6) is 0 Å². The van der Waals surface area contributed by atoms with E-state index in [1.54, 1.807) is 0 Å². The number of carboxylic acid groups (broad SMARTS) is 1. The number of nitro benzene ring substituents is 1. The molecule has 0 radical (unpaired) electrons. The van der Waals surface area contributed by atoms with E-state index in [1.807, 2.05) is 4.72 Å². The maximum absolute atomic E-state index is 13.1. The third-order valence-electron chi connectivity index (χ3n) is 8.00. The number of halogens is 2. The number of amides is 2. The van der Waals surface area contributed by atoms with E-state index in [0.717, 1.165) is 95.7 Å². The molecule has 2 fully saturated rings. The number of aliphatic carboxylic acids is 1. The summed E-state index contributed by atoms with van der Waals surface area (Å²) in [7, 11) is -4.44. The van der Waals surface area contributed by atoms with Gasteiger partial charge in [-0.15, -0.1) is 24.8 Å². The summed E-state index contributed by atoms with van der Waals surface area (Å²) in [6.45, 7) is 2.96. The third-order valence-corrected chi connectivity index (χ3v) is 9.47. The molecule has 3 rings (SSSR count). The fourth-order valence-corrected chi connectivity index (χ4v) is 6.64. The lowest BCUT2D eigenvalue weighted by molar-refractivity contribution is -0.385. The Morgan fingerprint density at radius 2 is 1.50 bits per heavy atom. The number of nitro groups is 1. The molecule has 2 saturated heterocycles. The van der Waals surface area contributed by atoms with Gasteiger partial charge in [-0.25, -0.2) is 8.42 Å². The van der Waals surface area contributed by atoms with Crippen molar-refractivity contribution >= 4 is 58.3 Å². The maximum Gasteiger partial charge on any atom is 0.323 e. The molecule has 1 aromatic rings. The van der Waals surface area contributed by atoms with Gasteiger partial charge in [0.15, 0.2) is 0 Å². The zero-order valence-electron chi connectivity index (χ0n) is 24.5. The molecule has 1 atom stereocenters. The molecule has 0 aliphatic carbocycles. The SMILES string of the molecule is Cl.Cl.O=C(CNC(=O)C(CCC1CCNCC1)CCC1CCNCC1)NCC(NS(=O)(=O)c1cccc([N+](=O)[O-])c1)C(=O)O. The van der Waals surface area contributed by atoms with Crippen molar-refractivity contribution < 1.29 is 32.8 Å². The van der Waals surface area contributed by atoms with E-state index in [9.17, 15) is 38.0 Å². The Morgan fingerprint density at radius 1 is 0.955 bits per heavy atom. The van der Waals surface area contributed by atoms with Gasteiger partial charge in [0.25, 0.3) is 5.69 Å². The Bertz CT molecular complexity index is 1170. The Morgan fingerprint density at radius 3 is 2.00 bits per heavy atom. The zero-order chi connectivity index (χ0) is 30.5. The van der Waals surface area contributed by atoms with Gasteiger partial charge in [0, 0.05) is 24.6 Å². The van der Waals surface area contributed by atoms with Gasteiger partial charge in [-0.3, -0.25) is 24.5 Å². The van der Waals surface area contributed by atoms with E-state index in [2.05, 4.69) is 21.3 Å². The molecule has 2 heterocycles. The van der Waals surface area contributed by atoms with E-state index >= 15 is 0 Å². The van der Waals surface area contributed by atoms with Crippen molar-refractivity contribution in [3.05, 3.63) is 34.4 Å². The second-order valence-corrected chi connectivity index (χ2v) is 12.7. The number of hydrogen-bond acceptors (Lipinski definition) is 9. The first kappa shape index (κ1) is 39.5. The monoisotopic (exact) mass is 682 g/mol. The maximum atomic E-state index is 13.1. The molecule has 2 aliphatic rings. The molecule has 17 heteroatoms. The van der Waals surface area contributed by atoms with Crippen molar-refractivity contribution in [2.24, 2.45) is 17.8 Å². The number of carboxylic acids is 1. The lowest BCUT2D eigenvalue weighted by atomic mass is 9.84. The van der Waals surface area contributed by atoms with Gasteiger partial charge in [-0.2, -0.15) is 4.72 Å². The minimum atomic E-state index is -4.44. The lowest BCUT2D eigenvalue weighted by Crippen LogP contribution is -2.50. The molecule has 14 nitrogen and oxygen atoms in total. The number of nitrogens with zero attached hydrogens (tertiary/aromatic N) is 1. The number of benzene rings is 1. The molecule has 1 aromatic carbocycles. The van der Waals surface area contributed by atoms with Crippen molar-refractivity contribution in [3.63, 3.8) is 0 Å².